The van der Waals surface area contributed by atoms with Crippen LogP contribution in [0.4, 0.5) is 18.9 Å². The molecule has 29 heavy (non-hydrogen) atoms. The van der Waals surface area contributed by atoms with Gasteiger partial charge in [0.25, 0.3) is 0 Å². The van der Waals surface area contributed by atoms with Gasteiger partial charge in [0, 0.05) is 44.3 Å². The van der Waals surface area contributed by atoms with Gasteiger partial charge in [-0.3, -0.25) is 4.79 Å². The molecule has 1 aromatic heterocycles. The van der Waals surface area contributed by atoms with E-state index in [9.17, 15) is 23.5 Å². The third kappa shape index (κ3) is 3.48. The van der Waals surface area contributed by atoms with E-state index in [0.29, 0.717) is 12.6 Å². The Hall–Kier alpha value is -2.55. The fraction of sp³-hybridized carbons (Fsp3) is 0.500. The van der Waals surface area contributed by atoms with E-state index in [2.05, 4.69) is 5.32 Å². The second-order valence-electron chi connectivity index (χ2n) is 7.74. The van der Waals surface area contributed by atoms with E-state index in [1.807, 2.05) is 0 Å². The zero-order valence-corrected chi connectivity index (χ0v) is 15.9. The normalized spacial score (nSPS) is 21.9. The molecule has 0 radical (unpaired) electrons. The zero-order chi connectivity index (χ0) is 20.9. The number of benzene rings is 1. The summed E-state index contributed by atoms with van der Waals surface area (Å²) in [5.41, 5.74) is -2.05. The number of aromatic nitrogens is 1. The van der Waals surface area contributed by atoms with Gasteiger partial charge in [0.15, 0.2) is 5.82 Å². The molecule has 1 aliphatic carbocycles. The van der Waals surface area contributed by atoms with E-state index in [1.165, 1.54) is 9.47 Å². The summed E-state index contributed by atoms with van der Waals surface area (Å²) in [6, 6.07) is 1.27. The number of anilines is 1. The summed E-state index contributed by atoms with van der Waals surface area (Å²) in [6.45, 7) is 2.30. The first-order valence-electron chi connectivity index (χ1n) is 9.72. The number of carboxylic acids is 1. The first kappa shape index (κ1) is 19.8. The number of halogens is 3. The Labute approximate surface area is 164 Å². The predicted octanol–water partition coefficient (Wildman–Crippen LogP) is 2.52. The number of hydrogen-bond acceptors (Lipinski definition) is 4. The summed E-state index contributed by atoms with van der Waals surface area (Å²) in [5.74, 6) is -3.82. The summed E-state index contributed by atoms with van der Waals surface area (Å²) in [6.07, 6.45) is 1.96. The number of rotatable bonds is 6. The first-order valence-corrected chi connectivity index (χ1v) is 9.72. The van der Waals surface area contributed by atoms with Crippen molar-refractivity contribution in [3.05, 3.63) is 39.7 Å². The molecule has 2 aliphatic rings. The van der Waals surface area contributed by atoms with Crippen LogP contribution in [0.25, 0.3) is 10.9 Å². The zero-order valence-electron chi connectivity index (χ0n) is 15.9. The van der Waals surface area contributed by atoms with Crippen LogP contribution in [0.3, 0.4) is 0 Å². The van der Waals surface area contributed by atoms with Gasteiger partial charge < -0.3 is 19.9 Å². The molecule has 9 heteroatoms. The summed E-state index contributed by atoms with van der Waals surface area (Å²) in [5, 5.41) is 12.1. The summed E-state index contributed by atoms with van der Waals surface area (Å²) < 4.78 is 46.0. The molecule has 0 spiro atoms. The Morgan fingerprint density at radius 3 is 2.66 bits per heavy atom. The molecular formula is C20H22F3N3O3. The molecule has 2 N–H and O–H groups in total. The van der Waals surface area contributed by atoms with Crippen molar-refractivity contribution in [2.24, 2.45) is 5.92 Å². The van der Waals surface area contributed by atoms with Crippen molar-refractivity contribution in [2.45, 2.75) is 38.5 Å². The average Bonchev–Trinajstić information content (AvgIpc) is 3.43. The lowest BCUT2D eigenvalue weighted by molar-refractivity contribution is 0.0694. The lowest BCUT2D eigenvalue weighted by Crippen LogP contribution is -2.30. The van der Waals surface area contributed by atoms with Gasteiger partial charge in [-0.05, 0) is 25.8 Å². The van der Waals surface area contributed by atoms with E-state index in [1.54, 1.807) is 6.92 Å². The second-order valence-corrected chi connectivity index (χ2v) is 7.74. The van der Waals surface area contributed by atoms with Gasteiger partial charge in [0.1, 0.15) is 23.2 Å². The number of aryl methyl sites for hydroxylation is 1. The van der Waals surface area contributed by atoms with E-state index in [0.717, 1.165) is 25.1 Å². The number of fused-ring (bicyclic) bond motifs is 1. The maximum atomic E-state index is 15.4. The molecular weight excluding hydrogens is 387 g/mol. The minimum atomic E-state index is -1.46. The Kier molecular flexibility index (Phi) is 5.02. The van der Waals surface area contributed by atoms with Crippen molar-refractivity contribution in [2.75, 3.05) is 24.5 Å². The molecule has 0 bridgehead atoms. The highest BCUT2D eigenvalue weighted by atomic mass is 19.1. The van der Waals surface area contributed by atoms with Gasteiger partial charge in [0.2, 0.25) is 5.43 Å². The van der Waals surface area contributed by atoms with E-state index in [4.69, 9.17) is 0 Å². The molecule has 1 aromatic carbocycles. The van der Waals surface area contributed by atoms with Crippen molar-refractivity contribution < 1.29 is 23.1 Å². The topological polar surface area (TPSA) is 74.6 Å². The van der Waals surface area contributed by atoms with Crippen molar-refractivity contribution in [3.8, 4) is 0 Å². The molecule has 2 heterocycles. The van der Waals surface area contributed by atoms with Gasteiger partial charge in [-0.15, -0.1) is 0 Å². The second kappa shape index (κ2) is 7.37. The first-order chi connectivity index (χ1) is 13.8. The van der Waals surface area contributed by atoms with Gasteiger partial charge in [-0.1, -0.05) is 0 Å². The van der Waals surface area contributed by atoms with Crippen LogP contribution in [-0.4, -0.2) is 47.5 Å². The highest BCUT2D eigenvalue weighted by molar-refractivity contribution is 5.93. The lowest BCUT2D eigenvalue weighted by atomic mass is 10.1. The van der Waals surface area contributed by atoms with Gasteiger partial charge in [0.05, 0.1) is 10.9 Å². The number of hydrogen-bond donors (Lipinski definition) is 2. The molecule has 1 saturated carbocycles. The number of nitrogens with zero attached hydrogens (tertiary/aromatic N) is 2. The Balaban J connectivity index is 1.76. The molecule has 2 fully saturated rings. The quantitative estimate of drug-likeness (QED) is 0.767. The fourth-order valence-electron chi connectivity index (χ4n) is 3.98. The number of carboxylic acid groups (broad SMARTS) is 1. The maximum Gasteiger partial charge on any atom is 0.341 e. The minimum absolute atomic E-state index is 0.139. The van der Waals surface area contributed by atoms with Gasteiger partial charge in [-0.25, -0.2) is 18.0 Å². The predicted molar refractivity (Wildman–Crippen MR) is 102 cm³/mol. The number of pyridine rings is 1. The summed E-state index contributed by atoms with van der Waals surface area (Å²) in [4.78, 5) is 25.1. The number of carbonyl (C=O) groups is 1. The van der Waals surface area contributed by atoms with Crippen LogP contribution in [0.15, 0.2) is 17.1 Å². The van der Waals surface area contributed by atoms with Crippen LogP contribution in [-0.2, 0) is 6.54 Å². The Bertz CT molecular complexity index is 1040. The van der Waals surface area contributed by atoms with Crippen LogP contribution in [0, 0.1) is 17.6 Å². The monoisotopic (exact) mass is 409 g/mol. The van der Waals surface area contributed by atoms with Gasteiger partial charge in [-0.2, -0.15) is 0 Å². The molecule has 0 amide bonds. The highest BCUT2D eigenvalue weighted by Gasteiger charge is 2.37. The lowest BCUT2D eigenvalue weighted by Gasteiger charge is -2.22. The fourth-order valence-corrected chi connectivity index (χ4v) is 3.98. The van der Waals surface area contributed by atoms with Crippen molar-refractivity contribution in [1.82, 2.24) is 9.88 Å². The van der Waals surface area contributed by atoms with Crippen LogP contribution in [0.2, 0.25) is 0 Å². The molecule has 2 aromatic rings. The van der Waals surface area contributed by atoms with Crippen LogP contribution in [0.5, 0.6) is 0 Å². The number of alkyl halides is 1. The molecule has 6 nitrogen and oxygen atoms in total. The molecule has 4 rings (SSSR count). The Morgan fingerprint density at radius 2 is 2.03 bits per heavy atom. The summed E-state index contributed by atoms with van der Waals surface area (Å²) in [7, 11) is 0. The van der Waals surface area contributed by atoms with E-state index >= 15 is 4.39 Å². The molecule has 1 unspecified atom stereocenters. The molecule has 2 atom stereocenters. The van der Waals surface area contributed by atoms with Crippen LogP contribution < -0.4 is 15.6 Å². The highest BCUT2D eigenvalue weighted by Crippen LogP contribution is 2.34. The molecule has 1 saturated heterocycles. The molecule has 156 valence electrons. The third-order valence-corrected chi connectivity index (χ3v) is 5.72. The number of aromatic carboxylic acids is 1. The largest absolute Gasteiger partial charge is 0.477 e. The number of nitrogens with one attached hydrogen (secondary N) is 1. The van der Waals surface area contributed by atoms with Crippen LogP contribution >= 0.6 is 0 Å². The van der Waals surface area contributed by atoms with E-state index < -0.39 is 34.8 Å². The van der Waals surface area contributed by atoms with E-state index in [-0.39, 0.29) is 42.1 Å². The smallest absolute Gasteiger partial charge is 0.341 e. The summed E-state index contributed by atoms with van der Waals surface area (Å²) >= 11 is 0. The Morgan fingerprint density at radius 1 is 1.31 bits per heavy atom. The van der Waals surface area contributed by atoms with Gasteiger partial charge >= 0.3 is 5.97 Å². The van der Waals surface area contributed by atoms with Crippen molar-refractivity contribution in [3.63, 3.8) is 0 Å². The standard InChI is InChI=1S/C20H22F3N3O3/c1-2-25-8-13(20(28)29)19(27)12-5-14(21)18(16(23)17(12)25)26-7-10(15(22)9-26)6-24-11-3-4-11/h5,8,10-11,15,24H,2-4,6-7,9H2,1H3,(H,28,29)/t10-,15?/m0/s1. The SMILES string of the molecule is CCn1cc(C(=O)O)c(=O)c2cc(F)c(N3CC(F)[C@@H](CNC4CC4)C3)c(F)c21. The maximum absolute atomic E-state index is 15.4. The molecule has 1 aliphatic heterocycles. The van der Waals surface area contributed by atoms with Crippen molar-refractivity contribution in [1.29, 1.82) is 0 Å². The average molecular weight is 409 g/mol. The third-order valence-electron chi connectivity index (χ3n) is 5.72. The van der Waals surface area contributed by atoms with Crippen LogP contribution in [0.1, 0.15) is 30.1 Å². The minimum Gasteiger partial charge on any atom is -0.477 e. The van der Waals surface area contributed by atoms with Crippen molar-refractivity contribution >= 4 is 22.6 Å².